The van der Waals surface area contributed by atoms with Crippen LogP contribution in [-0.2, 0) is 14.3 Å². The molecular formula is C22H28F6O4. The van der Waals surface area contributed by atoms with E-state index in [1.54, 1.807) is 12.1 Å². The summed E-state index contributed by atoms with van der Waals surface area (Å²) in [6, 6.07) is 6.60. The van der Waals surface area contributed by atoms with Crippen LogP contribution in [0.15, 0.2) is 24.3 Å². The van der Waals surface area contributed by atoms with Gasteiger partial charge in [0.05, 0.1) is 11.5 Å². The lowest BCUT2D eigenvalue weighted by atomic mass is 9.74. The summed E-state index contributed by atoms with van der Waals surface area (Å²) in [6.45, 7) is 8.67. The molecule has 0 aliphatic rings. The maximum absolute atomic E-state index is 12.5. The summed E-state index contributed by atoms with van der Waals surface area (Å²) in [5.41, 5.74) is 1.17. The van der Waals surface area contributed by atoms with Crippen LogP contribution in [0, 0.1) is 11.3 Å². The largest absolute Gasteiger partial charge is 0.461 e. The van der Waals surface area contributed by atoms with Crippen LogP contribution in [0.25, 0.3) is 0 Å². The maximum atomic E-state index is 12.5. The van der Waals surface area contributed by atoms with Gasteiger partial charge in [-0.2, -0.15) is 26.3 Å². The zero-order valence-electron chi connectivity index (χ0n) is 18.6. The summed E-state index contributed by atoms with van der Waals surface area (Å²) in [6.07, 6.45) is -13.9. The lowest BCUT2D eigenvalue weighted by Crippen LogP contribution is -2.46. The van der Waals surface area contributed by atoms with Crippen molar-refractivity contribution in [3.63, 3.8) is 0 Å². The summed E-state index contributed by atoms with van der Waals surface area (Å²) in [4.78, 5) is 23.8. The van der Waals surface area contributed by atoms with Crippen molar-refractivity contribution in [3.05, 3.63) is 35.4 Å². The van der Waals surface area contributed by atoms with Crippen molar-refractivity contribution in [2.24, 2.45) is 11.3 Å². The number of esters is 2. The highest BCUT2D eigenvalue weighted by Crippen LogP contribution is 2.39. The van der Waals surface area contributed by atoms with E-state index in [1.807, 2.05) is 0 Å². The second kappa shape index (κ2) is 10.6. The van der Waals surface area contributed by atoms with Crippen molar-refractivity contribution in [2.75, 3.05) is 6.61 Å². The van der Waals surface area contributed by atoms with Gasteiger partial charge in [-0.05, 0) is 42.4 Å². The molecule has 0 bridgehead atoms. The van der Waals surface area contributed by atoms with Gasteiger partial charge in [-0.15, -0.1) is 0 Å². The van der Waals surface area contributed by atoms with Gasteiger partial charge in [0.15, 0.2) is 0 Å². The summed E-state index contributed by atoms with van der Waals surface area (Å²) in [5.74, 6) is -3.91. The minimum absolute atomic E-state index is 0.00147. The van der Waals surface area contributed by atoms with E-state index in [0.717, 1.165) is 25.3 Å². The minimum Gasteiger partial charge on any atom is -0.461 e. The third-order valence-corrected chi connectivity index (χ3v) is 4.87. The lowest BCUT2D eigenvalue weighted by molar-refractivity contribution is -0.314. The Morgan fingerprint density at radius 2 is 1.44 bits per heavy atom. The molecule has 0 spiro atoms. The van der Waals surface area contributed by atoms with E-state index in [1.165, 1.54) is 12.1 Å². The van der Waals surface area contributed by atoms with Crippen molar-refractivity contribution in [1.82, 2.24) is 0 Å². The lowest BCUT2D eigenvalue weighted by Gasteiger charge is -2.31. The van der Waals surface area contributed by atoms with Crippen LogP contribution < -0.4 is 0 Å². The van der Waals surface area contributed by atoms with Crippen LogP contribution in [0.1, 0.15) is 69.3 Å². The fraction of sp³-hybridized carbons (Fsp3) is 0.636. The Kier molecular flexibility index (Phi) is 9.17. The Morgan fingerprint density at radius 3 is 1.84 bits per heavy atom. The topological polar surface area (TPSA) is 52.6 Å². The molecule has 1 aromatic rings. The second-order valence-electron chi connectivity index (χ2n) is 8.73. The fourth-order valence-electron chi connectivity index (χ4n) is 3.14. The van der Waals surface area contributed by atoms with E-state index in [2.05, 4.69) is 32.4 Å². The van der Waals surface area contributed by atoms with E-state index in [4.69, 9.17) is 4.74 Å². The minimum atomic E-state index is -5.81. The van der Waals surface area contributed by atoms with E-state index < -0.39 is 42.9 Å². The highest BCUT2D eigenvalue weighted by atomic mass is 19.4. The highest BCUT2D eigenvalue weighted by molar-refractivity contribution is 5.89. The van der Waals surface area contributed by atoms with Crippen molar-refractivity contribution >= 4 is 11.9 Å². The number of rotatable bonds is 8. The van der Waals surface area contributed by atoms with Crippen LogP contribution in [0.3, 0.4) is 0 Å². The second-order valence-corrected chi connectivity index (χ2v) is 8.73. The Hall–Kier alpha value is -2.26. The molecule has 0 aliphatic carbocycles. The van der Waals surface area contributed by atoms with Crippen LogP contribution in [0.5, 0.6) is 0 Å². The number of carbonyl (C=O) groups excluding carboxylic acids is 2. The van der Waals surface area contributed by atoms with E-state index in [-0.39, 0.29) is 16.9 Å². The third kappa shape index (κ3) is 8.02. The fourth-order valence-corrected chi connectivity index (χ4v) is 3.14. The number of alkyl halides is 6. The Balaban J connectivity index is 2.76. The summed E-state index contributed by atoms with van der Waals surface area (Å²) >= 11 is 0. The van der Waals surface area contributed by atoms with E-state index in [0.29, 0.717) is 0 Å². The summed E-state index contributed by atoms with van der Waals surface area (Å²) in [5, 5.41) is 0. The molecule has 0 radical (unpaired) electrons. The molecule has 10 heteroatoms. The number of hydrogen-bond donors (Lipinski definition) is 0. The first kappa shape index (κ1) is 27.8. The zero-order chi connectivity index (χ0) is 24.9. The molecule has 32 heavy (non-hydrogen) atoms. The van der Waals surface area contributed by atoms with Crippen molar-refractivity contribution in [1.29, 1.82) is 0 Å². The molecular weight excluding hydrogens is 442 g/mol. The molecule has 0 heterocycles. The van der Waals surface area contributed by atoms with Gasteiger partial charge in [-0.3, -0.25) is 4.79 Å². The van der Waals surface area contributed by atoms with Gasteiger partial charge < -0.3 is 9.47 Å². The average Bonchev–Trinajstić information content (AvgIpc) is 2.65. The van der Waals surface area contributed by atoms with Gasteiger partial charge in [0.1, 0.15) is 6.61 Å². The van der Waals surface area contributed by atoms with Gasteiger partial charge in [0.25, 0.3) is 6.10 Å². The first-order valence-corrected chi connectivity index (χ1v) is 10.1. The first-order chi connectivity index (χ1) is 14.5. The third-order valence-electron chi connectivity index (χ3n) is 4.87. The average molecular weight is 470 g/mol. The SMILES string of the molecule is CCCC(c1ccc(C(=O)OCC(C)C(=O)OC(C(F)(F)F)C(F)(F)F)cc1)C(C)(C)C. The number of benzene rings is 1. The molecule has 0 amide bonds. The zero-order valence-corrected chi connectivity index (χ0v) is 18.6. The van der Waals surface area contributed by atoms with Crippen molar-refractivity contribution < 1.29 is 45.4 Å². The normalized spacial score (nSPS) is 14.8. The number of halogens is 6. The molecule has 0 saturated heterocycles. The van der Waals surface area contributed by atoms with Crippen LogP contribution in [0.2, 0.25) is 0 Å². The van der Waals surface area contributed by atoms with Crippen LogP contribution in [-0.4, -0.2) is 37.0 Å². The van der Waals surface area contributed by atoms with Gasteiger partial charge >= 0.3 is 24.3 Å². The molecule has 0 fully saturated rings. The van der Waals surface area contributed by atoms with Gasteiger partial charge in [-0.1, -0.05) is 46.2 Å². The first-order valence-electron chi connectivity index (χ1n) is 10.1. The van der Waals surface area contributed by atoms with Gasteiger partial charge in [0, 0.05) is 0 Å². The predicted molar refractivity (Wildman–Crippen MR) is 105 cm³/mol. The van der Waals surface area contributed by atoms with Crippen molar-refractivity contribution in [3.8, 4) is 0 Å². The van der Waals surface area contributed by atoms with Crippen LogP contribution >= 0.6 is 0 Å². The molecule has 4 nitrogen and oxygen atoms in total. The molecule has 2 unspecified atom stereocenters. The van der Waals surface area contributed by atoms with Gasteiger partial charge in [-0.25, -0.2) is 4.79 Å². The summed E-state index contributed by atoms with van der Waals surface area (Å²) in [7, 11) is 0. The molecule has 0 N–H and O–H groups in total. The molecule has 2 atom stereocenters. The molecule has 0 saturated carbocycles. The Labute approximate surface area is 183 Å². The van der Waals surface area contributed by atoms with Gasteiger partial charge in [0.2, 0.25) is 0 Å². The highest BCUT2D eigenvalue weighted by Gasteiger charge is 2.60. The van der Waals surface area contributed by atoms with Crippen LogP contribution in [0.4, 0.5) is 26.3 Å². The van der Waals surface area contributed by atoms with E-state index >= 15 is 0 Å². The molecule has 182 valence electrons. The Bertz CT molecular complexity index is 749. The molecule has 0 aromatic heterocycles. The summed E-state index contributed by atoms with van der Waals surface area (Å²) < 4.78 is 83.5. The predicted octanol–water partition coefficient (Wildman–Crippen LogP) is 6.45. The number of ether oxygens (including phenoxy) is 2. The molecule has 1 aromatic carbocycles. The number of carbonyl (C=O) groups is 2. The monoisotopic (exact) mass is 470 g/mol. The maximum Gasteiger partial charge on any atom is 0.434 e. The molecule has 0 aliphatic heterocycles. The van der Waals surface area contributed by atoms with E-state index in [9.17, 15) is 35.9 Å². The number of hydrogen-bond acceptors (Lipinski definition) is 4. The standard InChI is InChI=1S/C22H28F6O4/c1-6-7-16(20(3,4)5)14-8-10-15(11-9-14)18(30)31-12-13(2)17(29)32-19(21(23,24)25)22(26,27)28/h8-11,13,16,19H,6-7,12H2,1-5H3. The Morgan fingerprint density at radius 1 is 0.938 bits per heavy atom. The molecule has 1 rings (SSSR count). The van der Waals surface area contributed by atoms with Crippen molar-refractivity contribution in [2.45, 2.75) is 71.8 Å². The quantitative estimate of drug-likeness (QED) is 0.324. The smallest absolute Gasteiger partial charge is 0.434 e.